The van der Waals surface area contributed by atoms with Gasteiger partial charge in [0, 0.05) is 42.7 Å². The van der Waals surface area contributed by atoms with Crippen LogP contribution in [-0.2, 0) is 4.79 Å². The lowest BCUT2D eigenvalue weighted by molar-refractivity contribution is 0.0732. The molecule has 0 spiro atoms. The topological polar surface area (TPSA) is 98.4 Å². The Balaban J connectivity index is 1.26. The summed E-state index contributed by atoms with van der Waals surface area (Å²) in [5.74, 6) is 2.19. The average Bonchev–Trinajstić information content (AvgIpc) is 3.67. The molecule has 8 nitrogen and oxygen atoms in total. The number of carbonyl (C=O) groups is 2. The highest BCUT2D eigenvalue weighted by atomic mass is 35.5. The van der Waals surface area contributed by atoms with Crippen molar-refractivity contribution in [2.45, 2.75) is 51.1 Å². The summed E-state index contributed by atoms with van der Waals surface area (Å²) in [4.78, 5) is 49.6. The predicted octanol–water partition coefficient (Wildman–Crippen LogP) is 5.17. The highest BCUT2D eigenvalue weighted by molar-refractivity contribution is 6.34. The van der Waals surface area contributed by atoms with Crippen LogP contribution in [0.2, 0.25) is 10.0 Å². The monoisotopic (exact) mass is 553 g/mol. The van der Waals surface area contributed by atoms with Crippen LogP contribution in [0, 0.1) is 0 Å². The van der Waals surface area contributed by atoms with Crippen molar-refractivity contribution < 1.29 is 14.4 Å². The van der Waals surface area contributed by atoms with Gasteiger partial charge in [-0.1, -0.05) is 23.2 Å². The highest BCUT2D eigenvalue weighted by Crippen LogP contribution is 2.29. The third-order valence-electron chi connectivity index (χ3n) is 7.36. The molecule has 2 aromatic carbocycles. The smallest absolute Gasteiger partial charge is 0.255 e. The van der Waals surface area contributed by atoms with Crippen LogP contribution in [0.3, 0.4) is 0 Å². The molecule has 2 aliphatic heterocycles. The van der Waals surface area contributed by atoms with Gasteiger partial charge in [0.1, 0.15) is 17.5 Å². The molecule has 0 bridgehead atoms. The molecule has 0 radical (unpaired) electrons. The third-order valence-corrected chi connectivity index (χ3v) is 7.90. The second-order valence-electron chi connectivity index (χ2n) is 9.91. The molecule has 0 aliphatic carbocycles. The maximum atomic E-state index is 13.4. The Bertz CT molecular complexity index is 1430. The lowest BCUT2D eigenvalue weighted by Crippen LogP contribution is -2.37. The molecule has 2 amide bonds. The van der Waals surface area contributed by atoms with Crippen molar-refractivity contribution in [2.75, 3.05) is 19.6 Å². The number of likely N-dealkylation sites (tertiary alicyclic amines) is 2. The molecule has 5 rings (SSSR count). The molecule has 3 heterocycles. The van der Waals surface area contributed by atoms with Crippen LogP contribution in [0.15, 0.2) is 42.1 Å². The quantitative estimate of drug-likeness (QED) is 0.393. The van der Waals surface area contributed by atoms with Crippen LogP contribution in [-0.4, -0.2) is 63.2 Å². The van der Waals surface area contributed by atoms with Crippen LogP contribution >= 0.6 is 23.2 Å². The summed E-state index contributed by atoms with van der Waals surface area (Å²) in [6.07, 6.45) is 4.33. The van der Waals surface area contributed by atoms with E-state index in [9.17, 15) is 14.4 Å². The number of imidazole rings is 1. The molecule has 2 atom stereocenters. The molecular weight excluding hydrogens is 525 g/mol. The lowest BCUT2D eigenvalue weighted by atomic mass is 10.1. The first-order chi connectivity index (χ1) is 18.3. The Morgan fingerprint density at radius 3 is 2.66 bits per heavy atom. The van der Waals surface area contributed by atoms with Gasteiger partial charge in [0.2, 0.25) is 0 Å². The SMILES string of the molecule is C[C@H](NC(=O)c1ccc(C(=O)N2CCCC2CC(=C=O)N2CCCC2)c(Cl)c1)c1nc2cc(Cl)ccc2[nH]1. The van der Waals surface area contributed by atoms with Crippen LogP contribution in [0.25, 0.3) is 11.0 Å². The molecule has 38 heavy (non-hydrogen) atoms. The van der Waals surface area contributed by atoms with Gasteiger partial charge in [0.25, 0.3) is 11.8 Å². The fourth-order valence-electron chi connectivity index (χ4n) is 5.30. The number of fused-ring (bicyclic) bond motifs is 1. The normalized spacial score (nSPS) is 18.0. The zero-order valence-electron chi connectivity index (χ0n) is 21.1. The zero-order valence-corrected chi connectivity index (χ0v) is 22.6. The highest BCUT2D eigenvalue weighted by Gasteiger charge is 2.33. The molecular formula is C28H29Cl2N5O3. The summed E-state index contributed by atoms with van der Waals surface area (Å²) in [7, 11) is 0. The van der Waals surface area contributed by atoms with E-state index in [0.29, 0.717) is 40.6 Å². The van der Waals surface area contributed by atoms with Gasteiger partial charge >= 0.3 is 0 Å². The van der Waals surface area contributed by atoms with Crippen molar-refractivity contribution >= 4 is 52.0 Å². The van der Waals surface area contributed by atoms with Gasteiger partial charge in [0.05, 0.1) is 27.7 Å². The third kappa shape index (κ3) is 5.44. The summed E-state index contributed by atoms with van der Waals surface area (Å²) in [6, 6.07) is 9.62. The zero-order chi connectivity index (χ0) is 26.8. The maximum Gasteiger partial charge on any atom is 0.255 e. The Morgan fingerprint density at radius 1 is 1.13 bits per heavy atom. The minimum Gasteiger partial charge on any atom is -0.366 e. The molecule has 2 aliphatic rings. The number of nitrogens with one attached hydrogen (secondary N) is 2. The standard InChI is InChI=1S/C28H29Cl2N5O3/c1-17(26-32-24-9-7-19(29)14-25(24)33-26)31-27(37)18-6-8-22(23(30)13-18)28(38)35-12-4-5-20(35)15-21(16-36)34-10-2-3-11-34/h6-9,13-14,17,20H,2-5,10-12,15H2,1H3,(H,31,37)(H,32,33)/t17-,20?/m0/s1. The lowest BCUT2D eigenvalue weighted by Gasteiger charge is -2.28. The molecule has 2 saturated heterocycles. The Kier molecular flexibility index (Phi) is 7.75. The Hall–Kier alpha value is -3.32. The number of hydrogen-bond donors (Lipinski definition) is 2. The number of carbonyl (C=O) groups excluding carboxylic acids is 3. The van der Waals surface area contributed by atoms with Crippen molar-refractivity contribution in [3.63, 3.8) is 0 Å². The van der Waals surface area contributed by atoms with Crippen molar-refractivity contribution in [1.82, 2.24) is 25.1 Å². The molecule has 3 aromatic rings. The molecule has 2 fully saturated rings. The van der Waals surface area contributed by atoms with Gasteiger partial charge in [0.15, 0.2) is 0 Å². The van der Waals surface area contributed by atoms with Crippen LogP contribution in [0.1, 0.15) is 71.6 Å². The largest absolute Gasteiger partial charge is 0.366 e. The summed E-state index contributed by atoms with van der Waals surface area (Å²) < 4.78 is 0. The first-order valence-electron chi connectivity index (χ1n) is 12.9. The fraction of sp³-hybridized carbons (Fsp3) is 0.393. The van der Waals surface area contributed by atoms with Gasteiger partial charge in [-0.2, -0.15) is 0 Å². The second kappa shape index (κ2) is 11.2. The Morgan fingerprint density at radius 2 is 1.92 bits per heavy atom. The molecule has 1 unspecified atom stereocenters. The second-order valence-corrected chi connectivity index (χ2v) is 10.8. The van der Waals surface area contributed by atoms with Crippen molar-refractivity contribution in [2.24, 2.45) is 0 Å². The van der Waals surface area contributed by atoms with E-state index in [4.69, 9.17) is 23.2 Å². The van der Waals surface area contributed by atoms with Crippen molar-refractivity contribution in [3.05, 3.63) is 69.1 Å². The Labute approximate surface area is 231 Å². The van der Waals surface area contributed by atoms with Gasteiger partial charge in [-0.05, 0) is 69.0 Å². The number of H-pyrrole nitrogens is 1. The van der Waals surface area contributed by atoms with E-state index in [1.807, 2.05) is 13.0 Å². The average molecular weight is 554 g/mol. The molecule has 2 N–H and O–H groups in total. The van der Waals surface area contributed by atoms with Gasteiger partial charge in [-0.25, -0.2) is 9.78 Å². The van der Waals surface area contributed by atoms with E-state index >= 15 is 0 Å². The summed E-state index contributed by atoms with van der Waals surface area (Å²) >= 11 is 12.6. The van der Waals surface area contributed by atoms with E-state index in [-0.39, 0.29) is 22.9 Å². The van der Waals surface area contributed by atoms with E-state index in [0.717, 1.165) is 49.8 Å². The fourth-order valence-corrected chi connectivity index (χ4v) is 5.73. The van der Waals surface area contributed by atoms with E-state index in [2.05, 4.69) is 26.1 Å². The number of benzene rings is 2. The first-order valence-corrected chi connectivity index (χ1v) is 13.6. The van der Waals surface area contributed by atoms with Gasteiger partial charge < -0.3 is 20.1 Å². The van der Waals surface area contributed by atoms with Crippen LogP contribution in [0.5, 0.6) is 0 Å². The van der Waals surface area contributed by atoms with Crippen LogP contribution in [0.4, 0.5) is 0 Å². The number of rotatable bonds is 7. The van der Waals surface area contributed by atoms with Crippen LogP contribution < -0.4 is 5.32 Å². The summed E-state index contributed by atoms with van der Waals surface area (Å²) in [6.45, 7) is 4.16. The van der Waals surface area contributed by atoms with Crippen molar-refractivity contribution in [1.29, 1.82) is 0 Å². The summed E-state index contributed by atoms with van der Waals surface area (Å²) in [5, 5.41) is 3.72. The van der Waals surface area contributed by atoms with E-state index in [1.54, 1.807) is 29.2 Å². The minimum atomic E-state index is -0.394. The van der Waals surface area contributed by atoms with Gasteiger partial charge in [-0.15, -0.1) is 0 Å². The van der Waals surface area contributed by atoms with E-state index < -0.39 is 6.04 Å². The number of aromatic nitrogens is 2. The molecule has 10 heteroatoms. The maximum absolute atomic E-state index is 13.4. The number of nitrogens with zero attached hydrogens (tertiary/aromatic N) is 3. The molecule has 198 valence electrons. The van der Waals surface area contributed by atoms with Crippen molar-refractivity contribution in [3.8, 4) is 0 Å². The number of aromatic amines is 1. The predicted molar refractivity (Wildman–Crippen MR) is 147 cm³/mol. The molecule has 0 saturated carbocycles. The summed E-state index contributed by atoms with van der Waals surface area (Å²) in [5.41, 5.74) is 2.88. The minimum absolute atomic E-state index is 0.0712. The van der Waals surface area contributed by atoms with Gasteiger partial charge in [-0.3, -0.25) is 9.59 Å². The van der Waals surface area contributed by atoms with E-state index in [1.165, 1.54) is 6.07 Å². The first kappa shape index (κ1) is 26.3. The number of halogens is 2. The molecule has 1 aromatic heterocycles. The number of hydrogen-bond acceptors (Lipinski definition) is 5. The number of amides is 2.